The zero-order valence-corrected chi connectivity index (χ0v) is 23.4. The molecule has 3 aromatic carbocycles. The van der Waals surface area contributed by atoms with E-state index >= 15 is 0 Å². The van der Waals surface area contributed by atoms with Crippen LogP contribution in [0.3, 0.4) is 0 Å². The van der Waals surface area contributed by atoms with Crippen molar-refractivity contribution < 1.29 is 33.3 Å². The number of carbonyl (C=O) groups excluding carboxylic acids is 3. The van der Waals surface area contributed by atoms with Crippen LogP contribution in [0.1, 0.15) is 44.0 Å². The highest BCUT2D eigenvalue weighted by Gasteiger charge is 2.28. The van der Waals surface area contributed by atoms with Gasteiger partial charge in [0, 0.05) is 16.6 Å². The van der Waals surface area contributed by atoms with E-state index in [-0.39, 0.29) is 0 Å². The van der Waals surface area contributed by atoms with Crippen LogP contribution in [0, 0.1) is 0 Å². The number of carbonyl (C=O) groups is 3. The molecule has 0 bridgehead atoms. The summed E-state index contributed by atoms with van der Waals surface area (Å²) >= 11 is 0. The lowest BCUT2D eigenvalue weighted by atomic mass is 10.0. The van der Waals surface area contributed by atoms with Gasteiger partial charge in [0.15, 0.2) is 18.1 Å². The van der Waals surface area contributed by atoms with Gasteiger partial charge >= 0.3 is 5.97 Å². The van der Waals surface area contributed by atoms with Crippen LogP contribution < -0.4 is 25.3 Å². The number of pyridine rings is 1. The molecule has 214 valence electrons. The quantitative estimate of drug-likeness (QED) is 0.279. The fourth-order valence-corrected chi connectivity index (χ4v) is 5.02. The molecule has 0 fully saturated rings. The summed E-state index contributed by atoms with van der Waals surface area (Å²) in [5.74, 6) is -0.152. The number of primary amides is 1. The van der Waals surface area contributed by atoms with Crippen molar-refractivity contribution in [2.45, 2.75) is 12.8 Å². The molecule has 3 N–H and O–H groups in total. The van der Waals surface area contributed by atoms with E-state index < -0.39 is 24.4 Å². The number of methoxy groups -OCH3 is 3. The molecule has 0 atom stereocenters. The Hall–Kier alpha value is -5.38. The lowest BCUT2D eigenvalue weighted by Gasteiger charge is -2.14. The number of esters is 1. The molecule has 10 nitrogen and oxygen atoms in total. The molecule has 0 aliphatic heterocycles. The van der Waals surface area contributed by atoms with E-state index in [0.29, 0.717) is 63.5 Å². The molecule has 10 heteroatoms. The first-order valence-corrected chi connectivity index (χ1v) is 13.1. The van der Waals surface area contributed by atoms with E-state index in [1.165, 1.54) is 12.1 Å². The first-order chi connectivity index (χ1) is 20.3. The second-order valence-electron chi connectivity index (χ2n) is 9.53. The van der Waals surface area contributed by atoms with Gasteiger partial charge in [0.2, 0.25) is 11.7 Å². The Morgan fingerprint density at radius 2 is 1.62 bits per heavy atom. The van der Waals surface area contributed by atoms with E-state index in [2.05, 4.69) is 5.32 Å². The number of allylic oxidation sites excluding steroid dienone is 1. The fourth-order valence-electron chi connectivity index (χ4n) is 5.02. The van der Waals surface area contributed by atoms with Crippen LogP contribution in [0.25, 0.3) is 22.6 Å². The summed E-state index contributed by atoms with van der Waals surface area (Å²) in [6, 6.07) is 17.1. The number of benzene rings is 3. The standard InChI is InChI=1S/C32H29N3O7/c1-39-25-15-18(16-26(40-2)30(25)41-3)14-20-10-13-23-28(22-6-4-5-7-24(22)35-29(20)23)32(38)42-17-27(36)34-21-11-8-19(9-12-21)31(33)37/h4-9,11-12,14-16H,10,13,17H2,1-3H3,(H2,33,37)(H,34,36). The van der Waals surface area contributed by atoms with Gasteiger partial charge in [-0.15, -0.1) is 0 Å². The average Bonchev–Trinajstić information content (AvgIpc) is 3.39. The van der Waals surface area contributed by atoms with E-state index in [1.807, 2.05) is 42.5 Å². The Balaban J connectivity index is 1.43. The number of hydrogen-bond donors (Lipinski definition) is 2. The van der Waals surface area contributed by atoms with Crippen molar-refractivity contribution in [2.24, 2.45) is 5.73 Å². The summed E-state index contributed by atoms with van der Waals surface area (Å²) in [6.45, 7) is -0.490. The lowest BCUT2D eigenvalue weighted by Crippen LogP contribution is -2.22. The van der Waals surface area contributed by atoms with E-state index in [1.54, 1.807) is 33.5 Å². The van der Waals surface area contributed by atoms with Crippen molar-refractivity contribution in [3.8, 4) is 17.2 Å². The number of nitrogens with two attached hydrogens (primary N) is 1. The number of hydrogen-bond acceptors (Lipinski definition) is 8. The van der Waals surface area contributed by atoms with Crippen LogP contribution in [0.2, 0.25) is 0 Å². The van der Waals surface area contributed by atoms with E-state index in [4.69, 9.17) is 29.7 Å². The predicted octanol–water partition coefficient (Wildman–Crippen LogP) is 4.64. The van der Waals surface area contributed by atoms with Crippen molar-refractivity contribution in [3.63, 3.8) is 0 Å². The van der Waals surface area contributed by atoms with Crippen molar-refractivity contribution in [1.29, 1.82) is 0 Å². The highest BCUT2D eigenvalue weighted by molar-refractivity contribution is 6.08. The van der Waals surface area contributed by atoms with Crippen LogP contribution in [0.4, 0.5) is 5.69 Å². The summed E-state index contributed by atoms with van der Waals surface area (Å²) < 4.78 is 21.9. The maximum absolute atomic E-state index is 13.4. The summed E-state index contributed by atoms with van der Waals surface area (Å²) in [5, 5.41) is 3.30. The maximum atomic E-state index is 13.4. The minimum Gasteiger partial charge on any atom is -0.493 e. The van der Waals surface area contributed by atoms with Gasteiger partial charge in [-0.3, -0.25) is 9.59 Å². The Bertz CT molecular complexity index is 1700. The fraction of sp³-hybridized carbons (Fsp3) is 0.188. The highest BCUT2D eigenvalue weighted by Crippen LogP contribution is 2.41. The smallest absolute Gasteiger partial charge is 0.339 e. The minimum atomic E-state index is -0.613. The normalized spacial score (nSPS) is 13.0. The third-order valence-corrected chi connectivity index (χ3v) is 6.96. The van der Waals surface area contributed by atoms with Crippen LogP contribution in [-0.4, -0.2) is 50.7 Å². The number of para-hydroxylation sites is 1. The Kier molecular flexibility index (Phi) is 8.05. The van der Waals surface area contributed by atoms with Crippen LogP contribution in [0.5, 0.6) is 17.2 Å². The topological polar surface area (TPSA) is 139 Å². The molecule has 42 heavy (non-hydrogen) atoms. The Labute approximate surface area is 242 Å². The van der Waals surface area contributed by atoms with Gasteiger partial charge in [-0.05, 0) is 78.1 Å². The number of aromatic nitrogens is 1. The SMILES string of the molecule is COc1cc(C=C2CCc3c2nc2ccccc2c3C(=O)OCC(=O)Nc2ccc(C(N)=O)cc2)cc(OC)c1OC. The van der Waals surface area contributed by atoms with Gasteiger partial charge in [-0.1, -0.05) is 18.2 Å². The van der Waals surface area contributed by atoms with Crippen molar-refractivity contribution in [3.05, 3.63) is 88.6 Å². The second-order valence-corrected chi connectivity index (χ2v) is 9.53. The number of anilines is 1. The van der Waals surface area contributed by atoms with Gasteiger partial charge < -0.3 is 30.0 Å². The number of rotatable bonds is 9. The molecular weight excluding hydrogens is 538 g/mol. The third-order valence-electron chi connectivity index (χ3n) is 6.96. The Morgan fingerprint density at radius 1 is 0.929 bits per heavy atom. The molecule has 4 aromatic rings. The van der Waals surface area contributed by atoms with Gasteiger partial charge in [0.1, 0.15) is 0 Å². The van der Waals surface area contributed by atoms with Crippen LogP contribution in [-0.2, 0) is 16.0 Å². The molecule has 1 aliphatic rings. The van der Waals surface area contributed by atoms with Gasteiger partial charge in [-0.25, -0.2) is 9.78 Å². The maximum Gasteiger partial charge on any atom is 0.339 e. The van der Waals surface area contributed by atoms with E-state index in [0.717, 1.165) is 16.7 Å². The minimum absolute atomic E-state index is 0.316. The molecule has 0 radical (unpaired) electrons. The van der Waals surface area contributed by atoms with Crippen LogP contribution in [0.15, 0.2) is 60.7 Å². The number of ether oxygens (including phenoxy) is 4. The highest BCUT2D eigenvalue weighted by atomic mass is 16.5. The van der Waals surface area contributed by atoms with Gasteiger partial charge in [0.05, 0.1) is 38.1 Å². The summed E-state index contributed by atoms with van der Waals surface area (Å²) in [6.07, 6.45) is 3.22. The number of nitrogens with one attached hydrogen (secondary N) is 1. The summed E-state index contributed by atoms with van der Waals surface area (Å²) in [7, 11) is 4.67. The van der Waals surface area contributed by atoms with Crippen molar-refractivity contribution in [2.75, 3.05) is 33.3 Å². The molecule has 0 saturated heterocycles. The molecule has 5 rings (SSSR count). The lowest BCUT2D eigenvalue weighted by molar-refractivity contribution is -0.119. The molecule has 0 saturated carbocycles. The van der Waals surface area contributed by atoms with Gasteiger partial charge in [0.25, 0.3) is 5.91 Å². The molecule has 1 heterocycles. The largest absolute Gasteiger partial charge is 0.493 e. The summed E-state index contributed by atoms with van der Waals surface area (Å²) in [4.78, 5) is 42.1. The molecule has 2 amide bonds. The number of amides is 2. The first-order valence-electron chi connectivity index (χ1n) is 13.1. The first kappa shape index (κ1) is 28.2. The second kappa shape index (κ2) is 12.0. The van der Waals surface area contributed by atoms with Crippen molar-refractivity contribution in [1.82, 2.24) is 4.98 Å². The van der Waals surface area contributed by atoms with Crippen molar-refractivity contribution >= 4 is 46.0 Å². The monoisotopic (exact) mass is 567 g/mol. The third kappa shape index (κ3) is 5.60. The van der Waals surface area contributed by atoms with Crippen LogP contribution >= 0.6 is 0 Å². The molecular formula is C32H29N3O7. The number of fused-ring (bicyclic) bond motifs is 2. The number of nitrogens with zero attached hydrogens (tertiary/aromatic N) is 1. The predicted molar refractivity (Wildman–Crippen MR) is 158 cm³/mol. The molecule has 1 aromatic heterocycles. The average molecular weight is 568 g/mol. The van der Waals surface area contributed by atoms with Gasteiger partial charge in [-0.2, -0.15) is 0 Å². The molecule has 0 unspecified atom stereocenters. The zero-order valence-electron chi connectivity index (χ0n) is 23.4. The summed E-state index contributed by atoms with van der Waals surface area (Å²) in [5.41, 5.74) is 10.3. The molecule has 0 spiro atoms. The Morgan fingerprint density at radius 3 is 2.26 bits per heavy atom. The molecule has 1 aliphatic carbocycles. The van der Waals surface area contributed by atoms with E-state index in [9.17, 15) is 14.4 Å². The zero-order chi connectivity index (χ0) is 29.8.